The van der Waals surface area contributed by atoms with Crippen LogP contribution < -0.4 is 16.0 Å². The van der Waals surface area contributed by atoms with Crippen LogP contribution in [0.4, 0.5) is 22.0 Å². The molecule has 42 heavy (non-hydrogen) atoms. The number of hydrogen-bond donors (Lipinski definition) is 3. The Balaban J connectivity index is 1.31. The van der Waals surface area contributed by atoms with E-state index in [2.05, 4.69) is 10.6 Å². The summed E-state index contributed by atoms with van der Waals surface area (Å²) in [5.41, 5.74) is -0.606. The molecule has 0 aromatic heterocycles. The molecule has 0 radical (unpaired) electrons. The lowest BCUT2D eigenvalue weighted by atomic mass is 9.90. The number of fused-ring (bicyclic) bond motifs is 1. The lowest BCUT2D eigenvalue weighted by Gasteiger charge is -2.39. The van der Waals surface area contributed by atoms with Gasteiger partial charge in [-0.3, -0.25) is 19.2 Å². The van der Waals surface area contributed by atoms with Crippen LogP contribution in [-0.4, -0.2) is 83.0 Å². The van der Waals surface area contributed by atoms with E-state index in [9.17, 15) is 46.4 Å². The Kier molecular flexibility index (Phi) is 7.26. The molecule has 3 N–H and O–H groups in total. The summed E-state index contributed by atoms with van der Waals surface area (Å²) in [6, 6.07) is -2.13. The summed E-state index contributed by atoms with van der Waals surface area (Å²) in [6.07, 6.45) is -6.78. The Bertz CT molecular complexity index is 1210. The quantitative estimate of drug-likeness (QED) is 0.344. The molecule has 3 saturated carbocycles. The zero-order valence-electron chi connectivity index (χ0n) is 23.4. The van der Waals surface area contributed by atoms with Gasteiger partial charge in [0.25, 0.3) is 5.92 Å². The van der Waals surface area contributed by atoms with Crippen LogP contribution in [0, 0.1) is 34.5 Å². The average Bonchev–Trinajstić information content (AvgIpc) is 3.58. The second kappa shape index (κ2) is 10.0. The molecular weight excluding hydrogens is 569 g/mol. The van der Waals surface area contributed by atoms with E-state index in [0.717, 1.165) is 17.7 Å². The molecule has 0 aromatic carbocycles. The first-order chi connectivity index (χ1) is 19.4. The topological polar surface area (TPSA) is 141 Å². The molecule has 3 aliphatic carbocycles. The molecule has 3 unspecified atom stereocenters. The third-order valence-corrected chi connectivity index (χ3v) is 9.74. The molecule has 10 nitrogen and oxygen atoms in total. The first-order valence-corrected chi connectivity index (χ1v) is 14.1. The van der Waals surface area contributed by atoms with Gasteiger partial charge >= 0.3 is 12.1 Å². The van der Waals surface area contributed by atoms with Crippen LogP contribution in [0.25, 0.3) is 0 Å². The summed E-state index contributed by atoms with van der Waals surface area (Å²) in [7, 11) is 0. The summed E-state index contributed by atoms with van der Waals surface area (Å²) in [5.74, 6) is -8.31. The normalized spacial score (nSPS) is 32.1. The number of amides is 4. The van der Waals surface area contributed by atoms with E-state index in [4.69, 9.17) is 4.74 Å². The number of rotatable bonds is 9. The van der Waals surface area contributed by atoms with Crippen molar-refractivity contribution in [1.82, 2.24) is 20.9 Å². The molecule has 232 valence electrons. The fourth-order valence-corrected chi connectivity index (χ4v) is 7.01. The summed E-state index contributed by atoms with van der Waals surface area (Å²) in [6.45, 7) is 4.98. The zero-order valence-corrected chi connectivity index (χ0v) is 23.4. The third-order valence-electron chi connectivity index (χ3n) is 9.74. The predicted molar refractivity (Wildman–Crippen MR) is 133 cm³/mol. The highest BCUT2D eigenvalue weighted by molar-refractivity contribution is 5.95. The van der Waals surface area contributed by atoms with Crippen molar-refractivity contribution in [2.45, 2.75) is 107 Å². The molecule has 0 bridgehead atoms. The van der Waals surface area contributed by atoms with Crippen molar-refractivity contribution < 1.29 is 45.9 Å². The van der Waals surface area contributed by atoms with Crippen LogP contribution in [0.1, 0.15) is 59.3 Å². The van der Waals surface area contributed by atoms with Crippen molar-refractivity contribution in [2.24, 2.45) is 23.2 Å². The monoisotopic (exact) mass is 603 g/mol. The van der Waals surface area contributed by atoms with E-state index in [1.165, 1.54) is 6.92 Å². The number of halogens is 5. The Hall–Kier alpha value is -3.02. The Morgan fingerprint density at radius 2 is 1.81 bits per heavy atom. The molecule has 5 rings (SSSR count). The van der Waals surface area contributed by atoms with E-state index in [-0.39, 0.29) is 41.7 Å². The van der Waals surface area contributed by atoms with Gasteiger partial charge in [-0.15, -0.1) is 0 Å². The summed E-state index contributed by atoms with van der Waals surface area (Å²) in [4.78, 5) is 52.7. The highest BCUT2D eigenvalue weighted by Crippen LogP contribution is 2.65. The van der Waals surface area contributed by atoms with Crippen LogP contribution in [0.15, 0.2) is 0 Å². The second-order valence-corrected chi connectivity index (χ2v) is 13.2. The maximum absolute atomic E-state index is 13.7. The van der Waals surface area contributed by atoms with Gasteiger partial charge in [-0.2, -0.15) is 18.4 Å². The second-order valence-electron chi connectivity index (χ2n) is 13.2. The van der Waals surface area contributed by atoms with Crippen molar-refractivity contribution in [3.8, 4) is 6.07 Å². The molecule has 0 aromatic rings. The molecule has 7 atom stereocenters. The van der Waals surface area contributed by atoms with Crippen molar-refractivity contribution in [2.75, 3.05) is 6.54 Å². The molecule has 2 saturated heterocycles. The number of carbonyl (C=O) groups excluding carboxylic acids is 4. The zero-order chi connectivity index (χ0) is 31.0. The highest BCUT2D eigenvalue weighted by Gasteiger charge is 2.70. The van der Waals surface area contributed by atoms with Gasteiger partial charge in [-0.25, -0.2) is 8.78 Å². The minimum atomic E-state index is -5.33. The van der Waals surface area contributed by atoms with E-state index >= 15 is 0 Å². The molecule has 15 heteroatoms. The van der Waals surface area contributed by atoms with Crippen molar-refractivity contribution >= 4 is 23.6 Å². The number of likely N-dealkylation sites (tertiary alicyclic amines) is 1. The van der Waals surface area contributed by atoms with Crippen LogP contribution in [0.3, 0.4) is 0 Å². The van der Waals surface area contributed by atoms with Crippen LogP contribution in [-0.2, 0) is 23.9 Å². The number of hydrogen-bond acceptors (Lipinski definition) is 6. The number of alkyl halides is 5. The highest BCUT2D eigenvalue weighted by atomic mass is 19.4. The maximum Gasteiger partial charge on any atom is 0.471 e. The molecule has 5 fully saturated rings. The SMILES string of the molecule is C[C@@H](OC1CC(F)(F)C1)[C@H](NC(=O)C(F)(F)F)C(=O)N1CC2C(C1C(=O)N[C@H](C#N)C[C@@H]1CC3(CC3)NC1=O)C2(C)C. The summed E-state index contributed by atoms with van der Waals surface area (Å²) in [5, 5.41) is 16.9. The first kappa shape index (κ1) is 30.4. The Morgan fingerprint density at radius 1 is 1.17 bits per heavy atom. The van der Waals surface area contributed by atoms with Crippen molar-refractivity contribution in [3.63, 3.8) is 0 Å². The predicted octanol–water partition coefficient (Wildman–Crippen LogP) is 1.79. The van der Waals surface area contributed by atoms with Crippen LogP contribution in [0.5, 0.6) is 0 Å². The van der Waals surface area contributed by atoms with Crippen molar-refractivity contribution in [3.05, 3.63) is 0 Å². The van der Waals surface area contributed by atoms with Gasteiger partial charge in [0.2, 0.25) is 17.7 Å². The van der Waals surface area contributed by atoms with E-state index in [1.807, 2.05) is 19.9 Å². The molecule has 5 aliphatic rings. The number of ether oxygens (including phenoxy) is 1. The third kappa shape index (κ3) is 5.66. The van der Waals surface area contributed by atoms with Crippen LogP contribution >= 0.6 is 0 Å². The molecule has 2 aliphatic heterocycles. The molecular formula is C27H34F5N5O5. The van der Waals surface area contributed by atoms with Gasteiger partial charge in [0.1, 0.15) is 18.1 Å². The number of carbonyl (C=O) groups is 4. The minimum Gasteiger partial charge on any atom is -0.372 e. The summed E-state index contributed by atoms with van der Waals surface area (Å²) < 4.78 is 71.6. The average molecular weight is 604 g/mol. The lowest BCUT2D eigenvalue weighted by molar-refractivity contribution is -0.190. The fourth-order valence-electron chi connectivity index (χ4n) is 7.01. The van der Waals surface area contributed by atoms with Gasteiger partial charge in [-0.1, -0.05) is 13.8 Å². The number of nitrogens with one attached hydrogen (secondary N) is 3. The lowest BCUT2D eigenvalue weighted by Crippen LogP contribution is -2.61. The Morgan fingerprint density at radius 3 is 2.33 bits per heavy atom. The van der Waals surface area contributed by atoms with Gasteiger partial charge in [0.05, 0.1) is 18.3 Å². The fraction of sp³-hybridized carbons (Fsp3) is 0.815. The summed E-state index contributed by atoms with van der Waals surface area (Å²) >= 11 is 0. The van der Waals surface area contributed by atoms with Gasteiger partial charge in [0, 0.05) is 30.8 Å². The first-order valence-electron chi connectivity index (χ1n) is 14.1. The number of nitrogens with zero attached hydrogens (tertiary/aromatic N) is 2. The number of nitriles is 1. The van der Waals surface area contributed by atoms with E-state index in [1.54, 1.807) is 5.32 Å². The van der Waals surface area contributed by atoms with E-state index in [0.29, 0.717) is 6.42 Å². The van der Waals surface area contributed by atoms with E-state index < -0.39 is 78.9 Å². The molecule has 2 heterocycles. The smallest absolute Gasteiger partial charge is 0.372 e. The number of piperidine rings is 1. The Labute approximate surface area is 239 Å². The van der Waals surface area contributed by atoms with Crippen molar-refractivity contribution in [1.29, 1.82) is 5.26 Å². The molecule has 4 amide bonds. The van der Waals surface area contributed by atoms with Gasteiger partial charge < -0.3 is 25.6 Å². The standard InChI is InChI=1S/C27H34F5N5O5/c1-12(42-15-8-26(28,29)9-15)18(35-23(41)27(30,31)32)22(40)37-11-16-17(24(16,2)3)19(37)21(39)34-14(10-33)6-13-7-25(4-5-25)36-20(13)38/h12-19H,4-9,11H2,1-3H3,(H,34,39)(H,35,41)(H,36,38)/t12-,13-,14+,16?,17?,18+,19?/m1/s1. The molecule has 1 spiro atoms. The van der Waals surface area contributed by atoms with Gasteiger partial charge in [0.15, 0.2) is 0 Å². The minimum absolute atomic E-state index is 0.00592. The van der Waals surface area contributed by atoms with Crippen LogP contribution in [0.2, 0.25) is 0 Å². The largest absolute Gasteiger partial charge is 0.471 e. The van der Waals surface area contributed by atoms with Gasteiger partial charge in [-0.05, 0) is 49.9 Å². The maximum atomic E-state index is 13.7.